The zero-order valence-corrected chi connectivity index (χ0v) is 20.3. The fourth-order valence-corrected chi connectivity index (χ4v) is 10.9. The van der Waals surface area contributed by atoms with Gasteiger partial charge in [-0.3, -0.25) is 15.1 Å². The highest BCUT2D eigenvalue weighted by molar-refractivity contribution is 8.11. The molecule has 8 heteroatoms. The number of hydrogen-bond donors (Lipinski definition) is 4. The van der Waals surface area contributed by atoms with Crippen molar-refractivity contribution in [3.8, 4) is 23.0 Å². The zero-order chi connectivity index (χ0) is 24.3. The standard InChI is InChI=1S/C26H22B2O4P2/c27-33(23-9-1-19(29)2-10-23,24-11-3-20(30)4-12-24)17-18-34(28,25-13-5-21(31)6-14-25)26-15-7-22(32)8-16-26/h1-16H,17-18H2,(H2-2,29,30,31,32)/q-2/p+2. The van der Waals surface area contributed by atoms with E-state index in [1.807, 2.05) is 48.5 Å². The van der Waals surface area contributed by atoms with Gasteiger partial charge in [0.05, 0.1) is 12.3 Å². The van der Waals surface area contributed by atoms with Crippen LogP contribution in [0.25, 0.3) is 0 Å². The molecule has 0 aliphatic carbocycles. The Bertz CT molecular complexity index is 1050. The summed E-state index contributed by atoms with van der Waals surface area (Å²) in [6, 6.07) is 27.7. The lowest BCUT2D eigenvalue weighted by atomic mass is 10.3. The van der Waals surface area contributed by atoms with Gasteiger partial charge in [-0.15, -0.1) is 0 Å². The molecule has 0 heterocycles. The van der Waals surface area contributed by atoms with E-state index in [4.69, 9.17) is 15.1 Å². The Balaban J connectivity index is 1.78. The van der Waals surface area contributed by atoms with Gasteiger partial charge in [0.2, 0.25) is 0 Å². The minimum absolute atomic E-state index is 0.162. The van der Waals surface area contributed by atoms with Crippen molar-refractivity contribution in [3.05, 3.63) is 97.1 Å². The van der Waals surface area contributed by atoms with E-state index in [1.165, 1.54) is 0 Å². The molecule has 0 aliphatic heterocycles. The Morgan fingerprint density at radius 1 is 0.382 bits per heavy atom. The van der Waals surface area contributed by atoms with Crippen molar-refractivity contribution in [2.75, 3.05) is 12.3 Å². The monoisotopic (exact) mass is 484 g/mol. The van der Waals surface area contributed by atoms with Crippen molar-refractivity contribution >= 4 is 50.6 Å². The van der Waals surface area contributed by atoms with Crippen LogP contribution in [0.4, 0.5) is 0 Å². The topological polar surface area (TPSA) is 80.9 Å². The third-order valence-corrected chi connectivity index (χ3v) is 13.1. The lowest BCUT2D eigenvalue weighted by molar-refractivity contribution is 0.475. The molecule has 4 rings (SSSR count). The zero-order valence-electron chi connectivity index (χ0n) is 18.5. The van der Waals surface area contributed by atoms with Crippen LogP contribution < -0.4 is 21.2 Å². The molecule has 0 fully saturated rings. The first-order valence-electron chi connectivity index (χ1n) is 10.7. The van der Waals surface area contributed by atoms with Gasteiger partial charge in [0, 0.05) is 21.2 Å². The summed E-state index contributed by atoms with van der Waals surface area (Å²) >= 11 is 0. The van der Waals surface area contributed by atoms with Crippen molar-refractivity contribution in [2.45, 2.75) is 0 Å². The van der Waals surface area contributed by atoms with Crippen molar-refractivity contribution in [1.29, 1.82) is 0 Å². The molecule has 6 radical (unpaired) electrons. The molecule has 0 saturated carbocycles. The summed E-state index contributed by atoms with van der Waals surface area (Å²) in [5, 5.41) is 42.9. The smallest absolute Gasteiger partial charge is 0.115 e. The van der Waals surface area contributed by atoms with Crippen LogP contribution in [-0.4, -0.2) is 47.9 Å². The maximum Gasteiger partial charge on any atom is 0.115 e. The van der Waals surface area contributed by atoms with Crippen LogP contribution in [0, 0.1) is 0 Å². The summed E-state index contributed by atoms with van der Waals surface area (Å²) in [5.74, 6) is 0.648. The average molecular weight is 484 g/mol. The van der Waals surface area contributed by atoms with E-state index in [1.54, 1.807) is 48.5 Å². The number of aromatic hydroxyl groups is 4. The third kappa shape index (κ3) is 4.94. The molecular formula is C26H24B2O4P2. The number of rotatable bonds is 7. The number of phenols is 4. The predicted octanol–water partition coefficient (Wildman–Crippen LogP) is 3.31. The van der Waals surface area contributed by atoms with Crippen LogP contribution in [0.2, 0.25) is 0 Å². The third-order valence-electron chi connectivity index (χ3n) is 6.05. The SMILES string of the molecule is [B-][P+](CC[P+]([B-])(c1ccc(O)cc1)c1ccc(O)cc1)(c1ccc(O)cc1)c1ccc(O)cc1. The Labute approximate surface area is 203 Å². The molecule has 0 bridgehead atoms. The summed E-state index contributed by atoms with van der Waals surface area (Å²) in [4.78, 5) is 0. The molecule has 0 aliphatic rings. The van der Waals surface area contributed by atoms with E-state index in [2.05, 4.69) is 0 Å². The van der Waals surface area contributed by atoms with E-state index >= 15 is 0 Å². The fraction of sp³-hybridized carbons (Fsp3) is 0.0769. The fourth-order valence-electron chi connectivity index (χ4n) is 4.00. The Hall–Kier alpha value is -2.93. The maximum absolute atomic E-state index is 9.81. The van der Waals surface area contributed by atoms with E-state index in [9.17, 15) is 20.4 Å². The van der Waals surface area contributed by atoms with Crippen molar-refractivity contribution in [2.24, 2.45) is 0 Å². The van der Waals surface area contributed by atoms with Crippen LogP contribution >= 0.6 is 14.3 Å². The lowest BCUT2D eigenvalue weighted by Gasteiger charge is -2.42. The van der Waals surface area contributed by atoms with Gasteiger partial charge in [0.15, 0.2) is 0 Å². The van der Waals surface area contributed by atoms with Crippen LogP contribution in [0.1, 0.15) is 0 Å². The van der Waals surface area contributed by atoms with Gasteiger partial charge in [0.1, 0.15) is 23.0 Å². The largest absolute Gasteiger partial charge is 0.508 e. The Kier molecular flexibility index (Phi) is 6.94. The van der Waals surface area contributed by atoms with Crippen LogP contribution in [0.3, 0.4) is 0 Å². The molecule has 34 heavy (non-hydrogen) atoms. The maximum atomic E-state index is 9.81. The summed E-state index contributed by atoms with van der Waals surface area (Å²) in [5.41, 5.74) is 0. The molecule has 4 aromatic carbocycles. The molecule has 4 aromatic rings. The molecular weight excluding hydrogens is 460 g/mol. The van der Waals surface area contributed by atoms with Gasteiger partial charge >= 0.3 is 0 Å². The van der Waals surface area contributed by atoms with Gasteiger partial charge in [-0.25, -0.2) is 0 Å². The van der Waals surface area contributed by atoms with Crippen LogP contribution in [0.5, 0.6) is 23.0 Å². The van der Waals surface area contributed by atoms with E-state index in [0.29, 0.717) is 12.3 Å². The van der Waals surface area contributed by atoms with E-state index in [0.717, 1.165) is 21.2 Å². The van der Waals surface area contributed by atoms with E-state index in [-0.39, 0.29) is 23.0 Å². The quantitative estimate of drug-likeness (QED) is 0.240. The van der Waals surface area contributed by atoms with Gasteiger partial charge in [-0.2, -0.15) is 14.3 Å². The van der Waals surface area contributed by atoms with Crippen LogP contribution in [-0.2, 0) is 0 Å². The van der Waals surface area contributed by atoms with E-state index < -0.39 is 14.3 Å². The van der Waals surface area contributed by atoms with Gasteiger partial charge in [0.25, 0.3) is 0 Å². The highest BCUT2D eigenvalue weighted by Crippen LogP contribution is 2.59. The first kappa shape index (κ1) is 24.2. The van der Waals surface area contributed by atoms with Crippen LogP contribution in [0.15, 0.2) is 97.1 Å². The Morgan fingerprint density at radius 2 is 0.559 bits per heavy atom. The summed E-state index contributed by atoms with van der Waals surface area (Å²) in [6.45, 7) is 0. The molecule has 0 amide bonds. The van der Waals surface area contributed by atoms with Crippen molar-refractivity contribution in [1.82, 2.24) is 0 Å². The molecule has 0 unspecified atom stereocenters. The Morgan fingerprint density at radius 3 is 0.735 bits per heavy atom. The molecule has 4 N–H and O–H groups in total. The molecule has 4 nitrogen and oxygen atoms in total. The molecule has 168 valence electrons. The molecule has 0 aromatic heterocycles. The van der Waals surface area contributed by atoms with Gasteiger partial charge in [-0.05, 0) is 97.1 Å². The second-order valence-corrected chi connectivity index (χ2v) is 14.7. The summed E-state index contributed by atoms with van der Waals surface area (Å²) in [6.07, 6.45) is 1.16. The molecule has 0 saturated heterocycles. The minimum Gasteiger partial charge on any atom is -0.508 e. The minimum atomic E-state index is -2.44. The number of hydrogen-bond acceptors (Lipinski definition) is 4. The number of benzene rings is 4. The van der Waals surface area contributed by atoms with Crippen molar-refractivity contribution < 1.29 is 20.4 Å². The normalized spacial score (nSPS) is 11.9. The molecule has 0 spiro atoms. The second-order valence-electron chi connectivity index (χ2n) is 8.25. The second kappa shape index (κ2) is 9.74. The highest BCUT2D eigenvalue weighted by Gasteiger charge is 2.32. The number of phenolic OH excluding ortho intramolecular Hbond substituents is 4. The predicted molar refractivity (Wildman–Crippen MR) is 146 cm³/mol. The van der Waals surface area contributed by atoms with Gasteiger partial charge < -0.3 is 20.4 Å². The van der Waals surface area contributed by atoms with Gasteiger partial charge in [-0.1, -0.05) is 0 Å². The summed E-state index contributed by atoms with van der Waals surface area (Å²) < 4.78 is 0. The van der Waals surface area contributed by atoms with Crippen molar-refractivity contribution in [3.63, 3.8) is 0 Å². The average Bonchev–Trinajstić information content (AvgIpc) is 2.84. The lowest BCUT2D eigenvalue weighted by Crippen LogP contribution is -2.31. The molecule has 0 atom stereocenters. The highest BCUT2D eigenvalue weighted by atomic mass is 31.2. The summed E-state index contributed by atoms with van der Waals surface area (Å²) in [7, 11) is 9.48. The first-order chi connectivity index (χ1) is 16.2. The first-order valence-corrected chi connectivity index (χ1v) is 14.8.